The second-order valence-electron chi connectivity index (χ2n) is 6.06. The summed E-state index contributed by atoms with van der Waals surface area (Å²) in [5, 5.41) is 9.06. The second kappa shape index (κ2) is 5.48. The minimum atomic E-state index is -0.899. The van der Waals surface area contributed by atoms with Crippen LogP contribution in [0.2, 0.25) is 0 Å². The van der Waals surface area contributed by atoms with E-state index in [-0.39, 0.29) is 0 Å². The third-order valence-electron chi connectivity index (χ3n) is 4.36. The summed E-state index contributed by atoms with van der Waals surface area (Å²) in [5.41, 5.74) is 1.16. The molecule has 1 unspecified atom stereocenters. The lowest BCUT2D eigenvalue weighted by atomic mass is 9.96. The first-order valence-corrected chi connectivity index (χ1v) is 7.50. The number of hydrogen-bond acceptors (Lipinski definition) is 3. The van der Waals surface area contributed by atoms with Crippen molar-refractivity contribution in [1.29, 1.82) is 0 Å². The molecule has 1 aliphatic heterocycles. The number of aromatic carboxylic acids is 1. The summed E-state index contributed by atoms with van der Waals surface area (Å²) in [5.74, 6) is 0.565. The Morgan fingerprint density at radius 1 is 1.48 bits per heavy atom. The van der Waals surface area contributed by atoms with E-state index < -0.39 is 5.97 Å². The average Bonchev–Trinajstić information content (AvgIpc) is 2.90. The zero-order valence-electron chi connectivity index (χ0n) is 12.5. The molecule has 1 aliphatic rings. The molecular weight excluding hydrogens is 266 g/mol. The highest BCUT2D eigenvalue weighted by Crippen LogP contribution is 2.27. The molecule has 0 radical (unpaired) electrons. The van der Waals surface area contributed by atoms with E-state index >= 15 is 0 Å². The van der Waals surface area contributed by atoms with Gasteiger partial charge in [-0.25, -0.2) is 9.78 Å². The molecule has 2 aromatic heterocycles. The highest BCUT2D eigenvalue weighted by Gasteiger charge is 2.25. The number of carbonyl (C=O) groups is 1. The summed E-state index contributed by atoms with van der Waals surface area (Å²) < 4.78 is 2.03. The van der Waals surface area contributed by atoms with Gasteiger partial charge < -0.3 is 14.4 Å². The van der Waals surface area contributed by atoms with Crippen LogP contribution in [0.5, 0.6) is 0 Å². The van der Waals surface area contributed by atoms with E-state index in [1.807, 2.05) is 10.6 Å². The summed E-state index contributed by atoms with van der Waals surface area (Å²) >= 11 is 0. The summed E-state index contributed by atoms with van der Waals surface area (Å²) in [6.45, 7) is 6.63. The van der Waals surface area contributed by atoms with Gasteiger partial charge in [0.15, 0.2) is 0 Å². The number of imidazole rings is 1. The number of nitrogens with zero attached hydrogens (tertiary/aromatic N) is 3. The fourth-order valence-corrected chi connectivity index (χ4v) is 3.14. The van der Waals surface area contributed by atoms with Crippen molar-refractivity contribution in [2.24, 2.45) is 0 Å². The molecule has 1 saturated heterocycles. The number of fused-ring (bicyclic) bond motifs is 1. The van der Waals surface area contributed by atoms with Gasteiger partial charge in [0, 0.05) is 24.7 Å². The van der Waals surface area contributed by atoms with Gasteiger partial charge in [-0.2, -0.15) is 0 Å². The Morgan fingerprint density at radius 2 is 2.29 bits per heavy atom. The van der Waals surface area contributed by atoms with Crippen LogP contribution in [-0.2, 0) is 0 Å². The number of likely N-dealkylation sites (tertiary alicyclic amines) is 1. The topological polar surface area (TPSA) is 57.8 Å². The van der Waals surface area contributed by atoms with Crippen molar-refractivity contribution >= 4 is 11.5 Å². The maximum Gasteiger partial charge on any atom is 0.335 e. The Kier molecular flexibility index (Phi) is 3.68. The van der Waals surface area contributed by atoms with Crippen LogP contribution < -0.4 is 0 Å². The first-order chi connectivity index (χ1) is 10.1. The van der Waals surface area contributed by atoms with Gasteiger partial charge in [0.25, 0.3) is 0 Å². The molecule has 1 fully saturated rings. The van der Waals surface area contributed by atoms with Crippen LogP contribution in [0, 0.1) is 0 Å². The quantitative estimate of drug-likeness (QED) is 0.942. The van der Waals surface area contributed by atoms with Gasteiger partial charge in [0.2, 0.25) is 0 Å². The highest BCUT2D eigenvalue weighted by molar-refractivity contribution is 5.88. The van der Waals surface area contributed by atoms with E-state index in [1.165, 1.54) is 6.42 Å². The lowest BCUT2D eigenvalue weighted by Crippen LogP contribution is -2.39. The molecule has 0 amide bonds. The fourth-order valence-electron chi connectivity index (χ4n) is 3.14. The van der Waals surface area contributed by atoms with Crippen LogP contribution in [0.1, 0.15) is 48.8 Å². The molecule has 0 aromatic carbocycles. The van der Waals surface area contributed by atoms with Gasteiger partial charge in [-0.3, -0.25) is 0 Å². The van der Waals surface area contributed by atoms with Crippen LogP contribution >= 0.6 is 0 Å². The molecule has 0 saturated carbocycles. The first-order valence-electron chi connectivity index (χ1n) is 7.50. The van der Waals surface area contributed by atoms with Crippen molar-refractivity contribution in [2.45, 2.75) is 38.6 Å². The minimum Gasteiger partial charge on any atom is -0.478 e. The zero-order valence-corrected chi connectivity index (χ0v) is 12.5. The van der Waals surface area contributed by atoms with Crippen molar-refractivity contribution in [1.82, 2.24) is 14.3 Å². The van der Waals surface area contributed by atoms with E-state index in [4.69, 9.17) is 5.11 Å². The standard InChI is InChI=1S/C16H21N3O2/c1-11(2)18-6-3-4-13(10-18)15-17-9-14-8-12(16(20)21)5-7-19(14)15/h5,7-9,11,13H,3-4,6,10H2,1-2H3,(H,20,21). The highest BCUT2D eigenvalue weighted by atomic mass is 16.4. The SMILES string of the molecule is CC(C)N1CCCC(c2ncc3cc(C(=O)O)ccn23)C1. The van der Waals surface area contributed by atoms with E-state index in [0.717, 1.165) is 30.9 Å². The molecular formula is C16H21N3O2. The molecule has 1 atom stereocenters. The van der Waals surface area contributed by atoms with E-state index in [0.29, 0.717) is 17.5 Å². The van der Waals surface area contributed by atoms with Crippen molar-refractivity contribution < 1.29 is 9.90 Å². The molecule has 112 valence electrons. The Balaban J connectivity index is 1.92. The van der Waals surface area contributed by atoms with Crippen LogP contribution in [0.15, 0.2) is 24.5 Å². The summed E-state index contributed by atoms with van der Waals surface area (Å²) in [6.07, 6.45) is 5.93. The third kappa shape index (κ3) is 2.65. The van der Waals surface area contributed by atoms with Gasteiger partial charge >= 0.3 is 5.97 Å². The summed E-state index contributed by atoms with van der Waals surface area (Å²) in [4.78, 5) is 18.1. The van der Waals surface area contributed by atoms with Crippen LogP contribution in [0.25, 0.3) is 5.52 Å². The Hall–Kier alpha value is -1.88. The van der Waals surface area contributed by atoms with Crippen molar-refractivity contribution in [3.8, 4) is 0 Å². The van der Waals surface area contributed by atoms with Crippen LogP contribution in [-0.4, -0.2) is 44.5 Å². The number of aromatic nitrogens is 2. The lowest BCUT2D eigenvalue weighted by Gasteiger charge is -2.34. The predicted molar refractivity (Wildman–Crippen MR) is 80.8 cm³/mol. The minimum absolute atomic E-state index is 0.307. The molecule has 0 aliphatic carbocycles. The monoisotopic (exact) mass is 287 g/mol. The number of carboxylic acids is 1. The van der Waals surface area contributed by atoms with Crippen LogP contribution in [0.3, 0.4) is 0 Å². The largest absolute Gasteiger partial charge is 0.478 e. The number of piperidine rings is 1. The number of pyridine rings is 1. The predicted octanol–water partition coefficient (Wildman–Crippen LogP) is 2.62. The number of rotatable bonds is 3. The molecule has 0 bridgehead atoms. The van der Waals surface area contributed by atoms with E-state index in [1.54, 1.807) is 18.3 Å². The Labute approximate surface area is 124 Å². The molecule has 21 heavy (non-hydrogen) atoms. The maximum atomic E-state index is 11.0. The van der Waals surface area contributed by atoms with Crippen molar-refractivity contribution in [2.75, 3.05) is 13.1 Å². The summed E-state index contributed by atoms with van der Waals surface area (Å²) in [7, 11) is 0. The van der Waals surface area contributed by atoms with Crippen molar-refractivity contribution in [3.05, 3.63) is 35.9 Å². The van der Waals surface area contributed by atoms with Gasteiger partial charge in [0.05, 0.1) is 17.3 Å². The molecule has 3 heterocycles. The number of carboxylic acid groups (broad SMARTS) is 1. The van der Waals surface area contributed by atoms with Gasteiger partial charge in [-0.05, 0) is 45.4 Å². The third-order valence-corrected chi connectivity index (χ3v) is 4.36. The van der Waals surface area contributed by atoms with Gasteiger partial charge in [0.1, 0.15) is 5.82 Å². The maximum absolute atomic E-state index is 11.0. The normalized spacial score (nSPS) is 20.2. The van der Waals surface area contributed by atoms with Crippen LogP contribution in [0.4, 0.5) is 0 Å². The Morgan fingerprint density at radius 3 is 3.00 bits per heavy atom. The Bertz CT molecular complexity index is 663. The zero-order chi connectivity index (χ0) is 15.0. The second-order valence-corrected chi connectivity index (χ2v) is 6.06. The van der Waals surface area contributed by atoms with Crippen molar-refractivity contribution in [3.63, 3.8) is 0 Å². The van der Waals surface area contributed by atoms with Gasteiger partial charge in [-0.1, -0.05) is 0 Å². The molecule has 2 aromatic rings. The molecule has 5 heteroatoms. The number of hydrogen-bond donors (Lipinski definition) is 1. The van der Waals surface area contributed by atoms with E-state index in [2.05, 4.69) is 23.7 Å². The first kappa shape index (κ1) is 14.1. The molecule has 1 N–H and O–H groups in total. The van der Waals surface area contributed by atoms with E-state index in [9.17, 15) is 4.79 Å². The lowest BCUT2D eigenvalue weighted by molar-refractivity contribution is 0.0697. The molecule has 3 rings (SSSR count). The smallest absolute Gasteiger partial charge is 0.335 e. The molecule has 5 nitrogen and oxygen atoms in total. The average molecular weight is 287 g/mol. The summed E-state index contributed by atoms with van der Waals surface area (Å²) in [6, 6.07) is 3.88. The fraction of sp³-hybridized carbons (Fsp3) is 0.500. The van der Waals surface area contributed by atoms with Gasteiger partial charge in [-0.15, -0.1) is 0 Å². The molecule has 0 spiro atoms.